The molecule has 154 valence electrons. The van der Waals surface area contributed by atoms with Gasteiger partial charge in [0.25, 0.3) is 0 Å². The Hall–Kier alpha value is -2.68. The molecule has 2 aromatic carbocycles. The molecule has 0 unspecified atom stereocenters. The van der Waals surface area contributed by atoms with Gasteiger partial charge in [-0.3, -0.25) is 9.59 Å². The van der Waals surface area contributed by atoms with Crippen molar-refractivity contribution < 1.29 is 9.59 Å². The summed E-state index contributed by atoms with van der Waals surface area (Å²) in [5, 5.41) is 0. The van der Waals surface area contributed by atoms with E-state index in [1.807, 2.05) is 62.4 Å². The smallest absolute Gasteiger partial charge is 0.209 e. The first-order chi connectivity index (χ1) is 14.0. The molecular weight excluding hydrogens is 358 g/mol. The standard InChI is InChI=1S/C26H33NO2/c1-5-7-17-27(18-8-6-2)24(26(29)23-15-11-21(4)12-16-23)19-25(28)22-13-9-20(3)10-14-22/h9-16,19H,5-8,17-18H2,1-4H3/b24-19+. The van der Waals surface area contributed by atoms with E-state index in [-0.39, 0.29) is 11.6 Å². The molecule has 0 aliphatic heterocycles. The molecule has 0 saturated heterocycles. The van der Waals surface area contributed by atoms with Crippen molar-refractivity contribution in [1.82, 2.24) is 4.90 Å². The largest absolute Gasteiger partial charge is 0.368 e. The molecule has 3 nitrogen and oxygen atoms in total. The molecule has 0 aromatic heterocycles. The molecule has 0 aliphatic carbocycles. The van der Waals surface area contributed by atoms with Crippen molar-refractivity contribution in [1.29, 1.82) is 0 Å². The minimum atomic E-state index is -0.126. The first-order valence-corrected chi connectivity index (χ1v) is 10.6. The first-order valence-electron chi connectivity index (χ1n) is 10.6. The van der Waals surface area contributed by atoms with Crippen LogP contribution in [-0.4, -0.2) is 29.6 Å². The van der Waals surface area contributed by atoms with Crippen LogP contribution in [0.1, 0.15) is 71.4 Å². The van der Waals surface area contributed by atoms with Crippen molar-refractivity contribution in [2.75, 3.05) is 13.1 Å². The van der Waals surface area contributed by atoms with E-state index in [0.29, 0.717) is 16.8 Å². The van der Waals surface area contributed by atoms with Gasteiger partial charge >= 0.3 is 0 Å². The molecule has 2 aromatic rings. The highest BCUT2D eigenvalue weighted by Crippen LogP contribution is 2.18. The molecule has 0 amide bonds. The summed E-state index contributed by atoms with van der Waals surface area (Å²) in [7, 11) is 0. The number of nitrogens with zero attached hydrogens (tertiary/aromatic N) is 1. The lowest BCUT2D eigenvalue weighted by Gasteiger charge is -2.26. The van der Waals surface area contributed by atoms with Gasteiger partial charge in [0.1, 0.15) is 0 Å². The van der Waals surface area contributed by atoms with Crippen molar-refractivity contribution in [2.24, 2.45) is 0 Å². The van der Waals surface area contributed by atoms with Crippen LogP contribution in [0, 0.1) is 13.8 Å². The number of unbranched alkanes of at least 4 members (excludes halogenated alkanes) is 2. The van der Waals surface area contributed by atoms with E-state index in [2.05, 4.69) is 18.7 Å². The Morgan fingerprint density at radius 1 is 0.759 bits per heavy atom. The van der Waals surface area contributed by atoms with Crippen LogP contribution < -0.4 is 0 Å². The van der Waals surface area contributed by atoms with Crippen molar-refractivity contribution in [2.45, 2.75) is 53.4 Å². The average molecular weight is 392 g/mol. The summed E-state index contributed by atoms with van der Waals surface area (Å²) < 4.78 is 0. The fourth-order valence-electron chi connectivity index (χ4n) is 3.13. The van der Waals surface area contributed by atoms with Crippen molar-refractivity contribution in [3.8, 4) is 0 Å². The highest BCUT2D eigenvalue weighted by Gasteiger charge is 2.20. The molecule has 0 saturated carbocycles. The highest BCUT2D eigenvalue weighted by atomic mass is 16.1. The van der Waals surface area contributed by atoms with Gasteiger partial charge in [-0.25, -0.2) is 0 Å². The number of ketones is 2. The van der Waals surface area contributed by atoms with Gasteiger partial charge in [0.15, 0.2) is 5.78 Å². The molecule has 0 radical (unpaired) electrons. The number of hydrogen-bond donors (Lipinski definition) is 0. The molecular formula is C26H33NO2. The van der Waals surface area contributed by atoms with Gasteiger partial charge in [0.05, 0.1) is 5.70 Å². The summed E-state index contributed by atoms with van der Waals surface area (Å²) >= 11 is 0. The third kappa shape index (κ3) is 6.70. The number of benzene rings is 2. The van der Waals surface area contributed by atoms with Crippen molar-refractivity contribution >= 4 is 11.6 Å². The lowest BCUT2D eigenvalue weighted by Crippen LogP contribution is -2.30. The number of Topliss-reactive ketones (excluding diaryl/α,β-unsaturated/α-hetero) is 1. The Labute approximate surface area is 175 Å². The third-order valence-corrected chi connectivity index (χ3v) is 5.05. The Balaban J connectivity index is 2.43. The summed E-state index contributed by atoms with van der Waals surface area (Å²) in [6.45, 7) is 9.83. The van der Waals surface area contributed by atoms with Crippen molar-refractivity contribution in [3.63, 3.8) is 0 Å². The van der Waals surface area contributed by atoms with Gasteiger partial charge in [0.2, 0.25) is 5.78 Å². The molecule has 2 rings (SSSR count). The minimum absolute atomic E-state index is 0.0855. The second kappa shape index (κ2) is 11.4. The normalized spacial score (nSPS) is 11.4. The summed E-state index contributed by atoms with van der Waals surface area (Å²) in [5.74, 6) is -0.212. The van der Waals surface area contributed by atoms with Gasteiger partial charge in [-0.05, 0) is 26.7 Å². The maximum absolute atomic E-state index is 13.4. The van der Waals surface area contributed by atoms with Crippen LogP contribution in [0.5, 0.6) is 0 Å². The van der Waals surface area contributed by atoms with E-state index >= 15 is 0 Å². The summed E-state index contributed by atoms with van der Waals surface area (Å²) in [5.41, 5.74) is 3.94. The zero-order chi connectivity index (χ0) is 21.2. The molecule has 0 atom stereocenters. The second-order valence-electron chi connectivity index (χ2n) is 7.65. The van der Waals surface area contributed by atoms with E-state index in [1.54, 1.807) is 0 Å². The number of aryl methyl sites for hydroxylation is 2. The maximum Gasteiger partial charge on any atom is 0.209 e. The van der Waals surface area contributed by atoms with E-state index in [1.165, 1.54) is 6.08 Å². The van der Waals surface area contributed by atoms with Crippen LogP contribution in [0.25, 0.3) is 0 Å². The summed E-state index contributed by atoms with van der Waals surface area (Å²) in [6.07, 6.45) is 5.60. The Kier molecular flexibility index (Phi) is 8.85. The predicted molar refractivity (Wildman–Crippen MR) is 120 cm³/mol. The Morgan fingerprint density at radius 3 is 1.66 bits per heavy atom. The quantitative estimate of drug-likeness (QED) is 0.340. The van der Waals surface area contributed by atoms with Crippen LogP contribution in [0.15, 0.2) is 60.3 Å². The lowest BCUT2D eigenvalue weighted by atomic mass is 10.0. The minimum Gasteiger partial charge on any atom is -0.368 e. The van der Waals surface area contributed by atoms with Gasteiger partial charge in [-0.2, -0.15) is 0 Å². The molecule has 0 bridgehead atoms. The zero-order valence-electron chi connectivity index (χ0n) is 18.2. The predicted octanol–water partition coefficient (Wildman–Crippen LogP) is 6.16. The number of rotatable bonds is 11. The maximum atomic E-state index is 13.4. The van der Waals surface area contributed by atoms with E-state index in [4.69, 9.17) is 0 Å². The van der Waals surface area contributed by atoms with E-state index in [0.717, 1.165) is 49.9 Å². The highest BCUT2D eigenvalue weighted by molar-refractivity contribution is 6.14. The number of allylic oxidation sites excluding steroid dienone is 2. The molecule has 0 aliphatic rings. The fourth-order valence-corrected chi connectivity index (χ4v) is 3.13. The van der Waals surface area contributed by atoms with Crippen LogP contribution in [0.3, 0.4) is 0 Å². The van der Waals surface area contributed by atoms with Gasteiger partial charge < -0.3 is 4.90 Å². The van der Waals surface area contributed by atoms with Gasteiger partial charge in [-0.15, -0.1) is 0 Å². The molecule has 29 heavy (non-hydrogen) atoms. The zero-order valence-corrected chi connectivity index (χ0v) is 18.2. The molecule has 3 heteroatoms. The van der Waals surface area contributed by atoms with Crippen LogP contribution in [-0.2, 0) is 0 Å². The lowest BCUT2D eigenvalue weighted by molar-refractivity contribution is 0.0971. The Morgan fingerprint density at radius 2 is 1.21 bits per heavy atom. The first kappa shape index (κ1) is 22.6. The van der Waals surface area contributed by atoms with Crippen LogP contribution in [0.4, 0.5) is 0 Å². The number of carbonyl (C=O) groups excluding carboxylic acids is 2. The fraction of sp³-hybridized carbons (Fsp3) is 0.385. The van der Waals surface area contributed by atoms with Crippen LogP contribution >= 0.6 is 0 Å². The summed E-state index contributed by atoms with van der Waals surface area (Å²) in [6, 6.07) is 15.1. The van der Waals surface area contributed by atoms with Crippen LogP contribution in [0.2, 0.25) is 0 Å². The molecule has 0 spiro atoms. The third-order valence-electron chi connectivity index (χ3n) is 5.05. The average Bonchev–Trinajstić information content (AvgIpc) is 2.73. The Bertz CT molecular complexity index is 824. The number of hydrogen-bond acceptors (Lipinski definition) is 3. The summed E-state index contributed by atoms with van der Waals surface area (Å²) in [4.78, 5) is 28.4. The van der Waals surface area contributed by atoms with Crippen molar-refractivity contribution in [3.05, 3.63) is 82.6 Å². The van der Waals surface area contributed by atoms with E-state index in [9.17, 15) is 9.59 Å². The monoisotopic (exact) mass is 391 g/mol. The SMILES string of the molecule is CCCCN(CCCC)/C(=C/C(=O)c1ccc(C)cc1)C(=O)c1ccc(C)cc1. The number of carbonyl (C=O) groups is 2. The van der Waals surface area contributed by atoms with Gasteiger partial charge in [0, 0.05) is 30.3 Å². The molecule has 0 N–H and O–H groups in total. The second-order valence-corrected chi connectivity index (χ2v) is 7.65. The van der Waals surface area contributed by atoms with E-state index < -0.39 is 0 Å². The van der Waals surface area contributed by atoms with Gasteiger partial charge in [-0.1, -0.05) is 86.3 Å². The molecule has 0 heterocycles. The molecule has 0 fully saturated rings. The topological polar surface area (TPSA) is 37.4 Å².